The van der Waals surface area contributed by atoms with Crippen molar-refractivity contribution >= 4 is 45.7 Å². The minimum absolute atomic E-state index is 0. The van der Waals surface area contributed by atoms with Crippen molar-refractivity contribution in [2.75, 3.05) is 6.61 Å². The molecule has 2 amide bonds. The van der Waals surface area contributed by atoms with Crippen LogP contribution >= 0.6 is 0 Å². The number of nitrogens with two attached hydrogens (primary N) is 4. The quantitative estimate of drug-likeness (QED) is 0.0573. The third-order valence-electron chi connectivity index (χ3n) is 10.9. The first-order valence-corrected chi connectivity index (χ1v) is 21.2. The van der Waals surface area contributed by atoms with Crippen molar-refractivity contribution in [1.82, 2.24) is 0 Å². The van der Waals surface area contributed by atoms with Crippen molar-refractivity contribution in [3.05, 3.63) is 178 Å². The van der Waals surface area contributed by atoms with Gasteiger partial charge in [-0.1, -0.05) is 48.5 Å². The number of ether oxygens (including phenoxy) is 3. The Morgan fingerprint density at radius 3 is 1.43 bits per heavy atom. The molecule has 8 aromatic rings. The summed E-state index contributed by atoms with van der Waals surface area (Å²) in [5.41, 5.74) is 28.6. The van der Waals surface area contributed by atoms with Crippen molar-refractivity contribution in [2.45, 2.75) is 46.1 Å². The number of amides is 2. The second-order valence-electron chi connectivity index (χ2n) is 15.4. The SMILES string of the molecule is CCOC(=O)Cc1ccc(C(N)=O)cc1OCc1cc(-c2cccc(CN)c2F)c2occc2c1.NCc1cccc(-c2cc(COc3cc(C(N)=O)ccc3CC(=O)O)cc3ccoc23)c1F.[Li+].[OH-]. The number of furan rings is 2. The number of aliphatic carboxylic acids is 1. The van der Waals surface area contributed by atoms with Gasteiger partial charge in [0.2, 0.25) is 11.8 Å². The maximum atomic E-state index is 15.1. The zero-order valence-electron chi connectivity index (χ0n) is 38.1. The summed E-state index contributed by atoms with van der Waals surface area (Å²) in [4.78, 5) is 46.5. The van der Waals surface area contributed by atoms with E-state index in [2.05, 4.69) is 0 Å². The predicted octanol–water partition coefficient (Wildman–Crippen LogP) is 5.31. The largest absolute Gasteiger partial charge is 1.00 e. The molecule has 15 nitrogen and oxygen atoms in total. The number of carboxylic acids is 1. The van der Waals surface area contributed by atoms with E-state index in [1.165, 1.54) is 42.9 Å². The van der Waals surface area contributed by atoms with Gasteiger partial charge in [-0.2, -0.15) is 0 Å². The number of halogens is 2. The molecule has 0 spiro atoms. The van der Waals surface area contributed by atoms with Crippen LogP contribution in [0.25, 0.3) is 44.2 Å². The monoisotopic (exact) mass is 948 g/mol. The van der Waals surface area contributed by atoms with Gasteiger partial charge in [-0.25, -0.2) is 8.78 Å². The van der Waals surface area contributed by atoms with Gasteiger partial charge in [-0.15, -0.1) is 0 Å². The Labute approximate surface area is 411 Å². The van der Waals surface area contributed by atoms with E-state index >= 15 is 8.78 Å². The van der Waals surface area contributed by atoms with E-state index in [1.807, 2.05) is 12.1 Å². The number of primary amides is 2. The molecular formula is C52H47F2LiN4O11. The number of rotatable bonds is 17. The molecule has 6 aromatic carbocycles. The normalized spacial score (nSPS) is 10.6. The maximum absolute atomic E-state index is 15.1. The van der Waals surface area contributed by atoms with E-state index in [9.17, 15) is 24.3 Å². The second-order valence-corrected chi connectivity index (χ2v) is 15.4. The molecule has 0 unspecified atom stereocenters. The van der Waals surface area contributed by atoms with Gasteiger partial charge < -0.3 is 56.6 Å². The van der Waals surface area contributed by atoms with Gasteiger partial charge in [-0.05, 0) is 78.7 Å². The summed E-state index contributed by atoms with van der Waals surface area (Å²) in [5, 5.41) is 10.7. The fourth-order valence-electron chi connectivity index (χ4n) is 7.57. The summed E-state index contributed by atoms with van der Waals surface area (Å²) < 4.78 is 58.3. The van der Waals surface area contributed by atoms with Crippen molar-refractivity contribution < 1.29 is 80.4 Å². The van der Waals surface area contributed by atoms with Crippen LogP contribution in [0.4, 0.5) is 8.78 Å². The van der Waals surface area contributed by atoms with Gasteiger partial charge in [0.25, 0.3) is 0 Å². The summed E-state index contributed by atoms with van der Waals surface area (Å²) >= 11 is 0. The molecule has 10 N–H and O–H groups in total. The van der Waals surface area contributed by atoms with Gasteiger partial charge in [0.05, 0.1) is 32.0 Å². The van der Waals surface area contributed by atoms with Crippen LogP contribution in [-0.2, 0) is 53.5 Å². The van der Waals surface area contributed by atoms with Crippen LogP contribution in [0.2, 0.25) is 0 Å². The van der Waals surface area contributed by atoms with Gasteiger partial charge in [0.1, 0.15) is 47.5 Å². The van der Waals surface area contributed by atoms with E-state index in [4.69, 9.17) is 46.0 Å². The average molecular weight is 949 g/mol. The summed E-state index contributed by atoms with van der Waals surface area (Å²) in [7, 11) is 0. The minimum Gasteiger partial charge on any atom is -0.870 e. The van der Waals surface area contributed by atoms with Crippen LogP contribution in [0.1, 0.15) is 61.0 Å². The Morgan fingerprint density at radius 1 is 0.586 bits per heavy atom. The molecule has 0 bridgehead atoms. The van der Waals surface area contributed by atoms with Crippen molar-refractivity contribution in [2.24, 2.45) is 22.9 Å². The number of benzene rings is 6. The topological polar surface area (TPSA) is 277 Å². The Bertz CT molecular complexity index is 3190. The van der Waals surface area contributed by atoms with Crippen LogP contribution in [0.3, 0.4) is 0 Å². The third kappa shape index (κ3) is 12.3. The summed E-state index contributed by atoms with van der Waals surface area (Å²) in [6.45, 7) is 2.24. The zero-order chi connectivity index (χ0) is 48.5. The molecule has 0 saturated carbocycles. The second kappa shape index (κ2) is 24.0. The average Bonchev–Trinajstić information content (AvgIpc) is 4.01. The molecule has 18 heteroatoms. The van der Waals surface area contributed by atoms with E-state index in [0.29, 0.717) is 67.0 Å². The Morgan fingerprint density at radius 2 is 1.03 bits per heavy atom. The zero-order valence-corrected chi connectivity index (χ0v) is 38.1. The third-order valence-corrected chi connectivity index (χ3v) is 10.9. The molecule has 0 fully saturated rings. The fourth-order valence-corrected chi connectivity index (χ4v) is 7.57. The van der Waals surface area contributed by atoms with Crippen molar-refractivity contribution in [1.29, 1.82) is 0 Å². The molecule has 0 saturated heterocycles. The smallest absolute Gasteiger partial charge is 0.870 e. The minimum atomic E-state index is -1.04. The van der Waals surface area contributed by atoms with Gasteiger partial charge in [0, 0.05) is 79.5 Å². The molecule has 0 aliphatic carbocycles. The number of hydrogen-bond donors (Lipinski definition) is 5. The molecule has 8 rings (SSSR count). The summed E-state index contributed by atoms with van der Waals surface area (Å²) in [6.07, 6.45) is 2.75. The fraction of sp³-hybridized carbons (Fsp3) is 0.154. The van der Waals surface area contributed by atoms with Crippen LogP contribution in [0.5, 0.6) is 11.5 Å². The molecule has 70 heavy (non-hydrogen) atoms. The van der Waals surface area contributed by atoms with Crippen LogP contribution in [0.15, 0.2) is 131 Å². The molecule has 2 heterocycles. The van der Waals surface area contributed by atoms with Gasteiger partial charge in [0.15, 0.2) is 0 Å². The molecule has 0 aliphatic heterocycles. The Balaban J connectivity index is 0.000000254. The van der Waals surface area contributed by atoms with E-state index in [0.717, 1.165) is 16.3 Å². The van der Waals surface area contributed by atoms with Gasteiger partial charge in [-0.3, -0.25) is 19.2 Å². The van der Waals surface area contributed by atoms with Crippen LogP contribution < -0.4 is 51.3 Å². The maximum Gasteiger partial charge on any atom is 1.00 e. The number of carbonyl (C=O) groups excluding carboxylic acids is 3. The van der Waals surface area contributed by atoms with Crippen LogP contribution in [-0.4, -0.2) is 40.9 Å². The number of fused-ring (bicyclic) bond motifs is 2. The molecule has 356 valence electrons. The molecule has 2 aromatic heterocycles. The number of carbonyl (C=O) groups is 4. The molecule has 0 aliphatic rings. The first kappa shape index (κ1) is 53.2. The van der Waals surface area contributed by atoms with E-state index < -0.39 is 35.4 Å². The standard InChI is InChI=1S/C27H25FN2O5.C25H21FN2O5.Li.H2O/c1-2-33-24(31)13-17-6-7-19(27(30)32)12-23(17)35-15-16-10-18-8-9-34-26(18)22(11-16)21-5-3-4-20(14-29)25(21)28;26-23-18(12-27)2-1-3-19(23)20-9-14(8-16-6-7-32-24(16)20)13-33-21-10-17(25(28)31)5-4-15(21)11-22(29)30;;/h3-12H,2,13-15,29H2,1H3,(H2,30,32);1-10H,11-13,27H2,(H2,28,31)(H,29,30);;1H2/q;;+1;/p-1. The first-order chi connectivity index (χ1) is 32.8. The number of carboxylic acid groups (broad SMARTS) is 1. The van der Waals surface area contributed by atoms with E-state index in [1.54, 1.807) is 73.7 Å². The molecule has 0 radical (unpaired) electrons. The molecule has 0 atom stereocenters. The summed E-state index contributed by atoms with van der Waals surface area (Å²) in [6, 6.07) is 29.9. The van der Waals surface area contributed by atoms with E-state index in [-0.39, 0.29) is 87.0 Å². The summed E-state index contributed by atoms with van der Waals surface area (Å²) in [5.74, 6) is -2.98. The van der Waals surface area contributed by atoms with Gasteiger partial charge >= 0.3 is 30.8 Å². The Hall–Kier alpha value is -7.78. The molecular weight excluding hydrogens is 902 g/mol. The number of esters is 1. The van der Waals surface area contributed by atoms with Crippen molar-refractivity contribution in [3.8, 4) is 33.8 Å². The Kier molecular flexibility index (Phi) is 18.2. The predicted molar refractivity (Wildman–Crippen MR) is 251 cm³/mol. The first-order valence-electron chi connectivity index (χ1n) is 21.2. The van der Waals surface area contributed by atoms with Crippen LogP contribution in [0, 0.1) is 11.6 Å². The number of hydrogen-bond acceptors (Lipinski definition) is 12. The van der Waals surface area contributed by atoms with Crippen molar-refractivity contribution in [3.63, 3.8) is 0 Å².